The summed E-state index contributed by atoms with van der Waals surface area (Å²) in [7, 11) is -3.44. The van der Waals surface area contributed by atoms with Crippen molar-refractivity contribution in [3.05, 3.63) is 23.4 Å². The summed E-state index contributed by atoms with van der Waals surface area (Å²) in [6, 6.07) is 1.18. The van der Waals surface area contributed by atoms with Gasteiger partial charge in [0.1, 0.15) is 5.82 Å². The number of hydrogen-bond acceptors (Lipinski definition) is 4. The van der Waals surface area contributed by atoms with E-state index in [9.17, 15) is 13.2 Å². The Labute approximate surface area is 87.0 Å². The van der Waals surface area contributed by atoms with E-state index in [2.05, 4.69) is 9.71 Å². The number of carboxylic acids is 1. The van der Waals surface area contributed by atoms with Gasteiger partial charge in [-0.05, 0) is 18.6 Å². The summed E-state index contributed by atoms with van der Waals surface area (Å²) in [4.78, 5) is 14.5. The highest BCUT2D eigenvalue weighted by atomic mass is 32.2. The van der Waals surface area contributed by atoms with E-state index in [0.29, 0.717) is 5.56 Å². The predicted octanol–water partition coefficient (Wildman–Crippen LogP) is 0.460. The van der Waals surface area contributed by atoms with Crippen molar-refractivity contribution in [1.29, 1.82) is 0 Å². The first-order chi connectivity index (χ1) is 6.79. The average Bonchev–Trinajstić information content (AvgIpc) is 2.05. The lowest BCUT2D eigenvalue weighted by molar-refractivity contribution is 0.0696. The smallest absolute Gasteiger partial charge is 0.336 e. The maximum Gasteiger partial charge on any atom is 0.336 e. The zero-order valence-electron chi connectivity index (χ0n) is 8.18. The van der Waals surface area contributed by atoms with Crippen molar-refractivity contribution < 1.29 is 18.3 Å². The maximum atomic E-state index is 10.9. The van der Waals surface area contributed by atoms with Gasteiger partial charge in [0.25, 0.3) is 0 Å². The molecule has 0 saturated heterocycles. The van der Waals surface area contributed by atoms with Crippen LogP contribution in [-0.4, -0.2) is 30.7 Å². The Morgan fingerprint density at radius 1 is 1.53 bits per heavy atom. The standard InChI is InChI=1S/C8H10N2O4S/c1-5-4-9-7(10-15(2,13)14)3-6(5)8(11)12/h3-4H,1-2H3,(H,9,10)(H,11,12). The van der Waals surface area contributed by atoms with Gasteiger partial charge in [-0.1, -0.05) is 0 Å². The van der Waals surface area contributed by atoms with E-state index >= 15 is 0 Å². The molecule has 82 valence electrons. The van der Waals surface area contributed by atoms with Crippen molar-refractivity contribution in [3.8, 4) is 0 Å². The molecular formula is C8H10N2O4S. The molecule has 0 spiro atoms. The quantitative estimate of drug-likeness (QED) is 0.786. The Kier molecular flexibility index (Phi) is 2.94. The summed E-state index contributed by atoms with van der Waals surface area (Å²) in [5, 5.41) is 8.78. The van der Waals surface area contributed by atoms with E-state index in [-0.39, 0.29) is 11.4 Å². The van der Waals surface area contributed by atoms with Crippen molar-refractivity contribution in [2.24, 2.45) is 0 Å². The summed E-state index contributed by atoms with van der Waals surface area (Å²) in [6.07, 6.45) is 2.27. The Morgan fingerprint density at radius 3 is 2.60 bits per heavy atom. The minimum Gasteiger partial charge on any atom is -0.478 e. The molecule has 0 atom stereocenters. The van der Waals surface area contributed by atoms with Crippen LogP contribution in [0.3, 0.4) is 0 Å². The third-order valence-electron chi connectivity index (χ3n) is 1.62. The fraction of sp³-hybridized carbons (Fsp3) is 0.250. The summed E-state index contributed by atoms with van der Waals surface area (Å²) in [5.41, 5.74) is 0.498. The van der Waals surface area contributed by atoms with Gasteiger partial charge in [0, 0.05) is 6.20 Å². The fourth-order valence-corrected chi connectivity index (χ4v) is 1.49. The van der Waals surface area contributed by atoms with E-state index < -0.39 is 16.0 Å². The molecule has 0 aromatic carbocycles. The minimum atomic E-state index is -3.44. The topological polar surface area (TPSA) is 96.4 Å². The van der Waals surface area contributed by atoms with Gasteiger partial charge in [0.05, 0.1) is 11.8 Å². The van der Waals surface area contributed by atoms with E-state index in [1.165, 1.54) is 12.3 Å². The van der Waals surface area contributed by atoms with Crippen molar-refractivity contribution in [1.82, 2.24) is 4.98 Å². The zero-order valence-corrected chi connectivity index (χ0v) is 9.00. The normalized spacial score (nSPS) is 11.1. The summed E-state index contributed by atoms with van der Waals surface area (Å²) in [6.45, 7) is 1.58. The second-order valence-electron chi connectivity index (χ2n) is 3.06. The lowest BCUT2D eigenvalue weighted by Crippen LogP contribution is -2.12. The Hall–Kier alpha value is -1.63. The van der Waals surface area contributed by atoms with Crippen LogP contribution >= 0.6 is 0 Å². The van der Waals surface area contributed by atoms with Crippen LogP contribution in [0.5, 0.6) is 0 Å². The monoisotopic (exact) mass is 230 g/mol. The third kappa shape index (κ3) is 3.21. The lowest BCUT2D eigenvalue weighted by Gasteiger charge is -2.05. The molecule has 0 aliphatic rings. The van der Waals surface area contributed by atoms with Gasteiger partial charge in [-0.25, -0.2) is 18.2 Å². The number of hydrogen-bond donors (Lipinski definition) is 2. The number of aryl methyl sites for hydroxylation is 1. The molecule has 0 amide bonds. The van der Waals surface area contributed by atoms with Crippen LogP contribution in [0.25, 0.3) is 0 Å². The number of nitrogens with zero attached hydrogens (tertiary/aromatic N) is 1. The van der Waals surface area contributed by atoms with Gasteiger partial charge < -0.3 is 5.11 Å². The molecule has 1 aromatic rings. The lowest BCUT2D eigenvalue weighted by atomic mass is 10.1. The third-order valence-corrected chi connectivity index (χ3v) is 2.20. The molecule has 0 bridgehead atoms. The fourth-order valence-electron chi connectivity index (χ4n) is 1.000. The zero-order chi connectivity index (χ0) is 11.6. The van der Waals surface area contributed by atoms with Crippen molar-refractivity contribution in [2.75, 3.05) is 11.0 Å². The molecule has 0 saturated carbocycles. The average molecular weight is 230 g/mol. The van der Waals surface area contributed by atoms with E-state index in [0.717, 1.165) is 6.26 Å². The number of aromatic nitrogens is 1. The Bertz CT molecular complexity index is 495. The molecule has 15 heavy (non-hydrogen) atoms. The maximum absolute atomic E-state index is 10.9. The number of anilines is 1. The molecule has 0 aliphatic heterocycles. The first kappa shape index (κ1) is 11.4. The minimum absolute atomic E-state index is 0.000463. The van der Waals surface area contributed by atoms with Crippen LogP contribution < -0.4 is 4.72 Å². The van der Waals surface area contributed by atoms with Gasteiger partial charge in [-0.15, -0.1) is 0 Å². The van der Waals surface area contributed by atoms with Crippen molar-refractivity contribution >= 4 is 21.8 Å². The molecule has 7 heteroatoms. The molecular weight excluding hydrogens is 220 g/mol. The molecule has 0 aliphatic carbocycles. The number of carboxylic acid groups (broad SMARTS) is 1. The molecule has 2 N–H and O–H groups in total. The number of pyridine rings is 1. The van der Waals surface area contributed by atoms with Crippen LogP contribution in [0.4, 0.5) is 5.82 Å². The highest BCUT2D eigenvalue weighted by molar-refractivity contribution is 7.92. The molecule has 0 fully saturated rings. The second kappa shape index (κ2) is 3.85. The Balaban J connectivity index is 3.14. The summed E-state index contributed by atoms with van der Waals surface area (Å²) < 4.78 is 23.8. The van der Waals surface area contributed by atoms with Crippen molar-refractivity contribution in [2.45, 2.75) is 6.92 Å². The van der Waals surface area contributed by atoms with Crippen LogP contribution in [0.1, 0.15) is 15.9 Å². The van der Waals surface area contributed by atoms with Crippen molar-refractivity contribution in [3.63, 3.8) is 0 Å². The molecule has 1 heterocycles. The number of nitrogens with one attached hydrogen (secondary N) is 1. The summed E-state index contributed by atoms with van der Waals surface area (Å²) in [5.74, 6) is -1.12. The molecule has 1 rings (SSSR count). The Morgan fingerprint density at radius 2 is 2.13 bits per heavy atom. The largest absolute Gasteiger partial charge is 0.478 e. The van der Waals surface area contributed by atoms with Crippen LogP contribution in [0.15, 0.2) is 12.3 Å². The second-order valence-corrected chi connectivity index (χ2v) is 4.81. The van der Waals surface area contributed by atoms with Gasteiger partial charge in [0.15, 0.2) is 0 Å². The molecule has 0 unspecified atom stereocenters. The van der Waals surface area contributed by atoms with Gasteiger partial charge in [-0.3, -0.25) is 4.72 Å². The SMILES string of the molecule is Cc1cnc(NS(C)(=O)=O)cc1C(=O)O. The number of carbonyl (C=O) groups is 1. The highest BCUT2D eigenvalue weighted by Crippen LogP contribution is 2.12. The van der Waals surface area contributed by atoms with Gasteiger partial charge >= 0.3 is 5.97 Å². The molecule has 6 nitrogen and oxygen atoms in total. The van der Waals surface area contributed by atoms with E-state index in [4.69, 9.17) is 5.11 Å². The van der Waals surface area contributed by atoms with Gasteiger partial charge in [-0.2, -0.15) is 0 Å². The highest BCUT2D eigenvalue weighted by Gasteiger charge is 2.10. The first-order valence-corrected chi connectivity index (χ1v) is 5.86. The number of rotatable bonds is 3. The number of aromatic carboxylic acids is 1. The molecule has 1 aromatic heterocycles. The summed E-state index contributed by atoms with van der Waals surface area (Å²) >= 11 is 0. The van der Waals surface area contributed by atoms with Crippen LogP contribution in [-0.2, 0) is 10.0 Å². The van der Waals surface area contributed by atoms with E-state index in [1.54, 1.807) is 6.92 Å². The van der Waals surface area contributed by atoms with E-state index in [1.807, 2.05) is 0 Å². The van der Waals surface area contributed by atoms with Crippen LogP contribution in [0, 0.1) is 6.92 Å². The predicted molar refractivity (Wildman–Crippen MR) is 54.4 cm³/mol. The molecule has 0 radical (unpaired) electrons. The van der Waals surface area contributed by atoms with Gasteiger partial charge in [0.2, 0.25) is 10.0 Å². The first-order valence-electron chi connectivity index (χ1n) is 3.97. The number of sulfonamides is 1. The van der Waals surface area contributed by atoms with Crippen LogP contribution in [0.2, 0.25) is 0 Å².